The van der Waals surface area contributed by atoms with Crippen molar-refractivity contribution in [3.05, 3.63) is 45.9 Å². The molecule has 1 aliphatic rings. The Morgan fingerprint density at radius 2 is 1.97 bits per heavy atom. The van der Waals surface area contributed by atoms with E-state index in [2.05, 4.69) is 52.7 Å². The normalized spacial score (nSPS) is 15.0. The van der Waals surface area contributed by atoms with Gasteiger partial charge in [-0.05, 0) is 37.1 Å². The molecule has 2 N–H and O–H groups in total. The van der Waals surface area contributed by atoms with Gasteiger partial charge in [-0.25, -0.2) is 9.78 Å². The zero-order valence-corrected chi connectivity index (χ0v) is 18.2. The van der Waals surface area contributed by atoms with E-state index in [1.807, 2.05) is 24.3 Å². The lowest BCUT2D eigenvalue weighted by molar-refractivity contribution is 0.234. The SMILES string of the molecule is CC(C)(C)c1csc(CCNC(=O)NC2CCN(c3ccc(C#N)cc3)CC2)n1. The molecule has 0 radical (unpaired) electrons. The first kappa shape index (κ1) is 21.1. The van der Waals surface area contributed by atoms with Gasteiger partial charge in [-0.3, -0.25) is 0 Å². The van der Waals surface area contributed by atoms with Gasteiger partial charge in [0.05, 0.1) is 22.3 Å². The van der Waals surface area contributed by atoms with E-state index in [4.69, 9.17) is 5.26 Å². The molecule has 1 aromatic carbocycles. The van der Waals surface area contributed by atoms with Gasteiger partial charge >= 0.3 is 6.03 Å². The van der Waals surface area contributed by atoms with Gasteiger partial charge in [0, 0.05) is 48.6 Å². The summed E-state index contributed by atoms with van der Waals surface area (Å²) >= 11 is 1.66. The van der Waals surface area contributed by atoms with Crippen LogP contribution in [-0.2, 0) is 11.8 Å². The minimum atomic E-state index is -0.102. The molecule has 0 atom stereocenters. The van der Waals surface area contributed by atoms with Gasteiger partial charge in [-0.1, -0.05) is 20.8 Å². The highest BCUT2D eigenvalue weighted by Gasteiger charge is 2.21. The van der Waals surface area contributed by atoms with E-state index in [0.717, 1.165) is 48.7 Å². The molecule has 2 aromatic rings. The van der Waals surface area contributed by atoms with E-state index in [0.29, 0.717) is 12.1 Å². The van der Waals surface area contributed by atoms with Crippen molar-refractivity contribution in [1.29, 1.82) is 5.26 Å². The lowest BCUT2D eigenvalue weighted by atomic mass is 9.93. The molecule has 7 heteroatoms. The highest BCUT2D eigenvalue weighted by atomic mass is 32.1. The first-order valence-electron chi connectivity index (χ1n) is 10.1. The number of anilines is 1. The Bertz CT molecular complexity index is 855. The maximum atomic E-state index is 12.2. The van der Waals surface area contributed by atoms with Gasteiger partial charge in [0.1, 0.15) is 0 Å². The van der Waals surface area contributed by atoms with Crippen LogP contribution in [0.1, 0.15) is 49.9 Å². The number of nitriles is 1. The van der Waals surface area contributed by atoms with Crippen molar-refractivity contribution < 1.29 is 4.79 Å². The Labute approximate surface area is 177 Å². The number of amides is 2. The molecule has 2 heterocycles. The maximum absolute atomic E-state index is 12.2. The Morgan fingerprint density at radius 1 is 1.28 bits per heavy atom. The van der Waals surface area contributed by atoms with Crippen LogP contribution in [0.3, 0.4) is 0 Å². The van der Waals surface area contributed by atoms with Crippen LogP contribution in [0.2, 0.25) is 0 Å². The number of hydrogen-bond acceptors (Lipinski definition) is 5. The summed E-state index contributed by atoms with van der Waals surface area (Å²) in [4.78, 5) is 19.2. The zero-order chi connectivity index (χ0) is 20.9. The van der Waals surface area contributed by atoms with Crippen LogP contribution in [-0.4, -0.2) is 36.7 Å². The highest BCUT2D eigenvalue weighted by Crippen LogP contribution is 2.24. The molecule has 29 heavy (non-hydrogen) atoms. The molecule has 3 rings (SSSR count). The summed E-state index contributed by atoms with van der Waals surface area (Å²) in [5.41, 5.74) is 2.97. The predicted octanol–water partition coefficient (Wildman–Crippen LogP) is 3.82. The van der Waals surface area contributed by atoms with E-state index in [1.54, 1.807) is 11.3 Å². The molecule has 0 unspecified atom stereocenters. The third-order valence-corrected chi connectivity index (χ3v) is 6.04. The van der Waals surface area contributed by atoms with Gasteiger partial charge in [0.15, 0.2) is 0 Å². The number of aromatic nitrogens is 1. The van der Waals surface area contributed by atoms with Crippen LogP contribution < -0.4 is 15.5 Å². The molecule has 1 fully saturated rings. The molecular weight excluding hydrogens is 382 g/mol. The number of urea groups is 1. The Hall–Kier alpha value is -2.59. The molecule has 2 amide bonds. The second-order valence-corrected chi connectivity index (χ2v) is 9.39. The molecule has 154 valence electrons. The van der Waals surface area contributed by atoms with Gasteiger partial charge in [-0.2, -0.15) is 5.26 Å². The van der Waals surface area contributed by atoms with Crippen molar-refractivity contribution in [1.82, 2.24) is 15.6 Å². The number of carbonyl (C=O) groups excluding carboxylic acids is 1. The molecular formula is C22H29N5OS. The van der Waals surface area contributed by atoms with Crippen LogP contribution in [0.25, 0.3) is 0 Å². The lowest BCUT2D eigenvalue weighted by Gasteiger charge is -2.34. The summed E-state index contributed by atoms with van der Waals surface area (Å²) in [7, 11) is 0. The monoisotopic (exact) mass is 411 g/mol. The van der Waals surface area contributed by atoms with Gasteiger partial charge in [0.25, 0.3) is 0 Å². The molecule has 1 aromatic heterocycles. The Kier molecular flexibility index (Phi) is 6.75. The average Bonchev–Trinajstić information content (AvgIpc) is 3.18. The van der Waals surface area contributed by atoms with Crippen molar-refractivity contribution in [2.45, 2.75) is 51.5 Å². The fourth-order valence-electron chi connectivity index (χ4n) is 3.32. The fourth-order valence-corrected chi connectivity index (χ4v) is 4.34. The quantitative estimate of drug-likeness (QED) is 0.784. The Morgan fingerprint density at radius 3 is 2.55 bits per heavy atom. The van der Waals surface area contributed by atoms with Crippen molar-refractivity contribution in [2.24, 2.45) is 0 Å². The van der Waals surface area contributed by atoms with Crippen LogP contribution in [0.15, 0.2) is 29.6 Å². The van der Waals surface area contributed by atoms with Gasteiger partial charge in [0.2, 0.25) is 0 Å². The van der Waals surface area contributed by atoms with Crippen molar-refractivity contribution in [3.63, 3.8) is 0 Å². The van der Waals surface area contributed by atoms with Crippen molar-refractivity contribution >= 4 is 23.1 Å². The van der Waals surface area contributed by atoms with Crippen LogP contribution >= 0.6 is 11.3 Å². The fraction of sp³-hybridized carbons (Fsp3) is 0.500. The smallest absolute Gasteiger partial charge is 0.315 e. The minimum absolute atomic E-state index is 0.0617. The van der Waals surface area contributed by atoms with Crippen molar-refractivity contribution in [3.8, 4) is 6.07 Å². The second-order valence-electron chi connectivity index (χ2n) is 8.45. The number of benzene rings is 1. The van der Waals surface area contributed by atoms with E-state index in [-0.39, 0.29) is 17.5 Å². The summed E-state index contributed by atoms with van der Waals surface area (Å²) in [5, 5.41) is 18.1. The largest absolute Gasteiger partial charge is 0.371 e. The first-order valence-corrected chi connectivity index (χ1v) is 11.0. The van der Waals surface area contributed by atoms with Crippen molar-refractivity contribution in [2.75, 3.05) is 24.5 Å². The zero-order valence-electron chi connectivity index (χ0n) is 17.4. The number of rotatable bonds is 5. The summed E-state index contributed by atoms with van der Waals surface area (Å²) in [5.74, 6) is 0. The summed E-state index contributed by atoms with van der Waals surface area (Å²) in [6, 6.07) is 9.91. The van der Waals surface area contributed by atoms with Crippen LogP contribution in [0, 0.1) is 11.3 Å². The number of piperidine rings is 1. The number of nitrogens with zero attached hydrogens (tertiary/aromatic N) is 3. The molecule has 6 nitrogen and oxygen atoms in total. The van der Waals surface area contributed by atoms with E-state index in [9.17, 15) is 4.79 Å². The van der Waals surface area contributed by atoms with Crippen LogP contribution in [0.4, 0.5) is 10.5 Å². The maximum Gasteiger partial charge on any atom is 0.315 e. The number of nitrogens with one attached hydrogen (secondary N) is 2. The summed E-state index contributed by atoms with van der Waals surface area (Å²) < 4.78 is 0. The first-order chi connectivity index (χ1) is 13.8. The molecule has 0 aliphatic carbocycles. The predicted molar refractivity (Wildman–Crippen MR) is 117 cm³/mol. The van der Waals surface area contributed by atoms with E-state index in [1.165, 1.54) is 0 Å². The topological polar surface area (TPSA) is 81.0 Å². The third kappa shape index (κ3) is 5.94. The molecule has 0 bridgehead atoms. The van der Waals surface area contributed by atoms with Gasteiger partial charge < -0.3 is 15.5 Å². The molecule has 0 spiro atoms. The molecule has 1 aliphatic heterocycles. The second kappa shape index (κ2) is 9.27. The average molecular weight is 412 g/mol. The lowest BCUT2D eigenvalue weighted by Crippen LogP contribution is -2.48. The number of carbonyl (C=O) groups is 1. The minimum Gasteiger partial charge on any atom is -0.371 e. The molecule has 1 saturated heterocycles. The third-order valence-electron chi connectivity index (χ3n) is 5.14. The van der Waals surface area contributed by atoms with Crippen LogP contribution in [0.5, 0.6) is 0 Å². The Balaban J connectivity index is 1.37. The van der Waals surface area contributed by atoms with E-state index < -0.39 is 0 Å². The van der Waals surface area contributed by atoms with E-state index >= 15 is 0 Å². The summed E-state index contributed by atoms with van der Waals surface area (Å²) in [6.45, 7) is 8.85. The van der Waals surface area contributed by atoms with Gasteiger partial charge in [-0.15, -0.1) is 11.3 Å². The number of thiazole rings is 1. The standard InChI is InChI=1S/C22H29N5OS/c1-22(2,3)19-15-29-20(26-19)8-11-24-21(28)25-17-9-12-27(13-10-17)18-6-4-16(14-23)5-7-18/h4-7,15,17H,8-13H2,1-3H3,(H2,24,25,28). The highest BCUT2D eigenvalue weighted by molar-refractivity contribution is 7.09. The number of hydrogen-bond donors (Lipinski definition) is 2. The molecule has 0 saturated carbocycles. The summed E-state index contributed by atoms with van der Waals surface area (Å²) in [6.07, 6.45) is 2.58.